The number of phenols is 1. The van der Waals surface area contributed by atoms with E-state index in [0.717, 1.165) is 12.1 Å². The molecule has 0 saturated carbocycles. The summed E-state index contributed by atoms with van der Waals surface area (Å²) in [5, 5.41) is 17.4. The van der Waals surface area contributed by atoms with E-state index in [1.165, 1.54) is 0 Å². The summed E-state index contributed by atoms with van der Waals surface area (Å²) in [7, 11) is 3.64. The Balaban J connectivity index is 0.000000534. The lowest BCUT2D eigenvalue weighted by Gasteiger charge is -2.16. The van der Waals surface area contributed by atoms with Crippen LogP contribution in [0, 0.1) is 0 Å². The van der Waals surface area contributed by atoms with Crippen LogP contribution < -0.4 is 0 Å². The maximum atomic E-state index is 10.6. The molecule has 0 saturated heterocycles. The fraction of sp³-hybridized carbons (Fsp3) is 0.462. The molecule has 0 aromatic heterocycles. The molecule has 0 fully saturated rings. The summed E-state index contributed by atoms with van der Waals surface area (Å²) in [6, 6.07) is 5.07. The van der Waals surface area contributed by atoms with Crippen LogP contribution in [0.4, 0.5) is 13.2 Å². The van der Waals surface area contributed by atoms with Crippen molar-refractivity contribution in [3.8, 4) is 5.75 Å². The molecule has 0 aliphatic carbocycles. The summed E-state index contributed by atoms with van der Waals surface area (Å²) in [6.45, 7) is 2.16. The summed E-state index contributed by atoms with van der Waals surface area (Å²) in [4.78, 5) is 11.0. The van der Waals surface area contributed by atoms with Gasteiger partial charge in [0.05, 0.1) is 6.61 Å². The van der Waals surface area contributed by atoms with Gasteiger partial charge in [-0.3, -0.25) is 4.90 Å². The van der Waals surface area contributed by atoms with Crippen LogP contribution in [0.1, 0.15) is 5.56 Å². The van der Waals surface area contributed by atoms with E-state index in [0.29, 0.717) is 18.2 Å². The first-order valence-electron chi connectivity index (χ1n) is 6.03. The predicted octanol–water partition coefficient (Wildman–Crippen LogP) is 2.76. The number of nitrogens with zero attached hydrogens (tertiary/aromatic N) is 1. The number of hydrogen-bond donors (Lipinski definition) is 2. The maximum Gasteiger partial charge on any atom is 0.490 e. The second-order valence-electron chi connectivity index (χ2n) is 4.31. The number of carboxylic acids is 1. The number of likely N-dealkylation sites (N-methyl/N-ethyl adjacent to an activating group) is 1. The van der Waals surface area contributed by atoms with Gasteiger partial charge in [-0.05, 0) is 25.2 Å². The van der Waals surface area contributed by atoms with Crippen molar-refractivity contribution < 1.29 is 32.9 Å². The minimum absolute atomic E-state index is 0.281. The molecule has 2 N–H and O–H groups in total. The summed E-state index contributed by atoms with van der Waals surface area (Å²) >= 11 is 5.85. The third-order valence-corrected chi connectivity index (χ3v) is 2.64. The van der Waals surface area contributed by atoms with E-state index in [9.17, 15) is 18.3 Å². The van der Waals surface area contributed by atoms with Gasteiger partial charge in [0.1, 0.15) is 5.75 Å². The smallest absolute Gasteiger partial charge is 0.490 e. The first-order chi connectivity index (χ1) is 10.1. The summed E-state index contributed by atoms with van der Waals surface area (Å²) in [5.74, 6) is -2.48. The molecule has 1 rings (SSSR count). The Morgan fingerprint density at radius 1 is 1.41 bits per heavy atom. The van der Waals surface area contributed by atoms with E-state index < -0.39 is 12.1 Å². The third-order valence-electron chi connectivity index (χ3n) is 2.40. The molecule has 0 aliphatic rings. The molecule has 0 unspecified atom stereocenters. The number of carboxylic acid groups (broad SMARTS) is 1. The summed E-state index contributed by atoms with van der Waals surface area (Å²) < 4.78 is 36.7. The Kier molecular flexibility index (Phi) is 8.84. The molecule has 126 valence electrons. The number of aliphatic carboxylic acids is 1. The molecule has 1 aromatic carbocycles. The van der Waals surface area contributed by atoms with Gasteiger partial charge in [0.25, 0.3) is 0 Å². The van der Waals surface area contributed by atoms with E-state index in [2.05, 4.69) is 4.90 Å². The Hall–Kier alpha value is -1.51. The monoisotopic (exact) mass is 343 g/mol. The van der Waals surface area contributed by atoms with E-state index in [4.69, 9.17) is 26.2 Å². The number of benzene rings is 1. The van der Waals surface area contributed by atoms with Crippen molar-refractivity contribution in [3.63, 3.8) is 0 Å². The second-order valence-corrected chi connectivity index (χ2v) is 4.74. The van der Waals surface area contributed by atoms with E-state index in [1.807, 2.05) is 7.05 Å². The SMILES string of the molecule is COCCN(C)Cc1cc(Cl)ccc1O.O=C(O)C(F)(F)F. The molecular weight excluding hydrogens is 327 g/mol. The zero-order valence-corrected chi connectivity index (χ0v) is 12.8. The van der Waals surface area contributed by atoms with Crippen molar-refractivity contribution in [3.05, 3.63) is 28.8 Å². The van der Waals surface area contributed by atoms with Crippen molar-refractivity contribution in [2.24, 2.45) is 0 Å². The molecule has 0 radical (unpaired) electrons. The number of carbonyl (C=O) groups is 1. The zero-order chi connectivity index (χ0) is 17.3. The highest BCUT2D eigenvalue weighted by molar-refractivity contribution is 6.30. The standard InChI is InChI=1S/C11H16ClNO2.C2HF3O2/c1-13(5-6-15-2)8-9-7-10(12)3-4-11(9)14;3-2(4,5)1(6)7/h3-4,7,14H,5-6,8H2,1-2H3;(H,6,7). The van der Waals surface area contributed by atoms with Gasteiger partial charge in [-0.2, -0.15) is 13.2 Å². The molecule has 22 heavy (non-hydrogen) atoms. The maximum absolute atomic E-state index is 10.6. The quantitative estimate of drug-likeness (QED) is 0.860. The van der Waals surface area contributed by atoms with Crippen molar-refractivity contribution in [1.82, 2.24) is 4.90 Å². The van der Waals surface area contributed by atoms with Crippen LogP contribution in [0.3, 0.4) is 0 Å². The number of hydrogen-bond acceptors (Lipinski definition) is 4. The lowest BCUT2D eigenvalue weighted by Crippen LogP contribution is -2.22. The molecule has 0 spiro atoms. The molecule has 9 heteroatoms. The van der Waals surface area contributed by atoms with Crippen molar-refractivity contribution in [2.75, 3.05) is 27.3 Å². The minimum Gasteiger partial charge on any atom is -0.508 e. The van der Waals surface area contributed by atoms with Gasteiger partial charge in [0, 0.05) is 30.8 Å². The number of ether oxygens (including phenoxy) is 1. The van der Waals surface area contributed by atoms with Crippen LogP contribution in [-0.4, -0.2) is 54.6 Å². The number of methoxy groups -OCH3 is 1. The van der Waals surface area contributed by atoms with Crippen LogP contribution in [0.15, 0.2) is 18.2 Å². The predicted molar refractivity (Wildman–Crippen MR) is 75.0 cm³/mol. The summed E-state index contributed by atoms with van der Waals surface area (Å²) in [6.07, 6.45) is -5.08. The van der Waals surface area contributed by atoms with Crippen LogP contribution >= 0.6 is 11.6 Å². The van der Waals surface area contributed by atoms with Crippen LogP contribution in [0.25, 0.3) is 0 Å². The lowest BCUT2D eigenvalue weighted by atomic mass is 10.2. The Morgan fingerprint density at radius 2 is 1.95 bits per heavy atom. The molecule has 0 atom stereocenters. The fourth-order valence-electron chi connectivity index (χ4n) is 1.30. The molecule has 0 amide bonds. The molecule has 5 nitrogen and oxygen atoms in total. The van der Waals surface area contributed by atoms with E-state index in [1.54, 1.807) is 25.3 Å². The molecule has 1 aromatic rings. The van der Waals surface area contributed by atoms with Crippen LogP contribution in [0.2, 0.25) is 5.02 Å². The largest absolute Gasteiger partial charge is 0.508 e. The molecule has 0 aliphatic heterocycles. The average molecular weight is 344 g/mol. The number of aromatic hydroxyl groups is 1. The minimum atomic E-state index is -5.08. The topological polar surface area (TPSA) is 70.0 Å². The normalized spacial score (nSPS) is 11.0. The van der Waals surface area contributed by atoms with Gasteiger partial charge in [0.15, 0.2) is 0 Å². The molecule has 0 heterocycles. The van der Waals surface area contributed by atoms with E-state index in [-0.39, 0.29) is 5.75 Å². The average Bonchev–Trinajstić information content (AvgIpc) is 2.40. The highest BCUT2D eigenvalue weighted by Crippen LogP contribution is 2.22. The van der Waals surface area contributed by atoms with Gasteiger partial charge in [0.2, 0.25) is 0 Å². The first kappa shape index (κ1) is 20.5. The first-order valence-corrected chi connectivity index (χ1v) is 6.40. The van der Waals surface area contributed by atoms with Gasteiger partial charge in [-0.1, -0.05) is 11.6 Å². The highest BCUT2D eigenvalue weighted by Gasteiger charge is 2.38. The second kappa shape index (κ2) is 9.50. The number of phenolic OH excluding ortho intramolecular Hbond substituents is 1. The number of alkyl halides is 3. The number of rotatable bonds is 5. The van der Waals surface area contributed by atoms with Crippen LogP contribution in [-0.2, 0) is 16.1 Å². The van der Waals surface area contributed by atoms with Crippen molar-refractivity contribution in [2.45, 2.75) is 12.7 Å². The fourth-order valence-corrected chi connectivity index (χ4v) is 1.49. The van der Waals surface area contributed by atoms with Gasteiger partial charge in [-0.15, -0.1) is 0 Å². The van der Waals surface area contributed by atoms with E-state index >= 15 is 0 Å². The van der Waals surface area contributed by atoms with Crippen LogP contribution in [0.5, 0.6) is 5.75 Å². The molecular formula is C13H17ClF3NO4. The Labute approximate surface area is 130 Å². The lowest BCUT2D eigenvalue weighted by molar-refractivity contribution is -0.192. The third kappa shape index (κ3) is 8.71. The van der Waals surface area contributed by atoms with Gasteiger partial charge in [-0.25, -0.2) is 4.79 Å². The molecule has 0 bridgehead atoms. The van der Waals surface area contributed by atoms with Crippen molar-refractivity contribution in [1.29, 1.82) is 0 Å². The highest BCUT2D eigenvalue weighted by atomic mass is 35.5. The zero-order valence-electron chi connectivity index (χ0n) is 12.0. The summed E-state index contributed by atoms with van der Waals surface area (Å²) in [5.41, 5.74) is 0.834. The van der Waals surface area contributed by atoms with Gasteiger partial charge < -0.3 is 14.9 Å². The van der Waals surface area contributed by atoms with Crippen molar-refractivity contribution >= 4 is 17.6 Å². The number of halogens is 4. The van der Waals surface area contributed by atoms with Gasteiger partial charge >= 0.3 is 12.1 Å². The Bertz CT molecular complexity index is 483. The Morgan fingerprint density at radius 3 is 2.41 bits per heavy atom.